The summed E-state index contributed by atoms with van der Waals surface area (Å²) in [7, 11) is 1.67. The number of benzene rings is 2. The number of rotatable bonds is 8. The molecule has 0 aliphatic heterocycles. The van der Waals surface area contributed by atoms with Crippen LogP contribution in [0.15, 0.2) is 54.6 Å². The summed E-state index contributed by atoms with van der Waals surface area (Å²) in [5.41, 5.74) is 2.06. The topological polar surface area (TPSA) is 50.7 Å². The molecule has 0 saturated heterocycles. The molecular formula is C17H21NO3. The van der Waals surface area contributed by atoms with Crippen molar-refractivity contribution >= 4 is 5.69 Å². The maximum absolute atomic E-state index is 9.93. The van der Waals surface area contributed by atoms with Gasteiger partial charge < -0.3 is 19.9 Å². The highest BCUT2D eigenvalue weighted by atomic mass is 16.5. The number of ether oxygens (including phenoxy) is 2. The fourth-order valence-corrected chi connectivity index (χ4v) is 1.94. The van der Waals surface area contributed by atoms with Gasteiger partial charge in [-0.3, -0.25) is 0 Å². The Morgan fingerprint density at radius 3 is 2.67 bits per heavy atom. The van der Waals surface area contributed by atoms with Gasteiger partial charge in [0.05, 0.1) is 6.61 Å². The van der Waals surface area contributed by atoms with Crippen LogP contribution in [0.3, 0.4) is 0 Å². The first-order valence-corrected chi connectivity index (χ1v) is 6.95. The minimum Gasteiger partial charge on any atom is -0.491 e. The molecule has 112 valence electrons. The monoisotopic (exact) mass is 287 g/mol. The van der Waals surface area contributed by atoms with Gasteiger partial charge in [-0.15, -0.1) is 0 Å². The van der Waals surface area contributed by atoms with Crippen molar-refractivity contribution in [2.45, 2.75) is 12.7 Å². The molecule has 0 aliphatic rings. The van der Waals surface area contributed by atoms with Crippen LogP contribution in [0.4, 0.5) is 5.69 Å². The second kappa shape index (κ2) is 8.29. The Bertz CT molecular complexity index is 531. The first-order valence-electron chi connectivity index (χ1n) is 6.95. The van der Waals surface area contributed by atoms with Gasteiger partial charge >= 0.3 is 0 Å². The van der Waals surface area contributed by atoms with Gasteiger partial charge in [-0.25, -0.2) is 0 Å². The molecule has 2 aromatic carbocycles. The number of methoxy groups -OCH3 is 1. The zero-order chi connectivity index (χ0) is 14.9. The molecule has 4 nitrogen and oxygen atoms in total. The van der Waals surface area contributed by atoms with E-state index in [4.69, 9.17) is 9.47 Å². The molecule has 0 aliphatic carbocycles. The van der Waals surface area contributed by atoms with Crippen LogP contribution < -0.4 is 10.1 Å². The van der Waals surface area contributed by atoms with Gasteiger partial charge in [0.25, 0.3) is 0 Å². The van der Waals surface area contributed by atoms with E-state index >= 15 is 0 Å². The van der Waals surface area contributed by atoms with Gasteiger partial charge in [0.2, 0.25) is 0 Å². The fraction of sp³-hybridized carbons (Fsp3) is 0.294. The summed E-state index contributed by atoms with van der Waals surface area (Å²) in [6, 6.07) is 17.4. The summed E-state index contributed by atoms with van der Waals surface area (Å²) < 4.78 is 10.6. The van der Waals surface area contributed by atoms with Crippen LogP contribution in [-0.2, 0) is 11.3 Å². The molecule has 0 bridgehead atoms. The maximum atomic E-state index is 9.93. The molecule has 0 aromatic heterocycles. The Kier molecular flexibility index (Phi) is 6.06. The third-order valence-electron chi connectivity index (χ3n) is 2.97. The van der Waals surface area contributed by atoms with E-state index < -0.39 is 6.10 Å². The Morgan fingerprint density at radius 1 is 1.10 bits per heavy atom. The van der Waals surface area contributed by atoms with Gasteiger partial charge in [-0.2, -0.15) is 0 Å². The van der Waals surface area contributed by atoms with E-state index in [1.807, 2.05) is 54.6 Å². The van der Waals surface area contributed by atoms with Crippen molar-refractivity contribution in [2.75, 3.05) is 25.6 Å². The first kappa shape index (κ1) is 15.4. The first-order chi connectivity index (χ1) is 10.3. The second-order valence-corrected chi connectivity index (χ2v) is 4.79. The average Bonchev–Trinajstić information content (AvgIpc) is 2.53. The molecule has 2 N–H and O–H groups in total. The van der Waals surface area contributed by atoms with Crippen molar-refractivity contribution in [3.8, 4) is 5.75 Å². The van der Waals surface area contributed by atoms with E-state index in [9.17, 15) is 5.11 Å². The van der Waals surface area contributed by atoms with Crippen LogP contribution in [0.1, 0.15) is 5.56 Å². The van der Waals surface area contributed by atoms with E-state index in [1.165, 1.54) is 0 Å². The normalized spacial score (nSPS) is 11.9. The van der Waals surface area contributed by atoms with Gasteiger partial charge in [-0.1, -0.05) is 30.3 Å². The van der Waals surface area contributed by atoms with Crippen molar-refractivity contribution < 1.29 is 14.6 Å². The van der Waals surface area contributed by atoms with Crippen LogP contribution in [0.25, 0.3) is 0 Å². The highest BCUT2D eigenvalue weighted by Gasteiger charge is 2.05. The second-order valence-electron chi connectivity index (χ2n) is 4.79. The minimum atomic E-state index is -0.573. The number of hydrogen-bond acceptors (Lipinski definition) is 4. The molecule has 0 radical (unpaired) electrons. The number of para-hydroxylation sites is 1. The lowest BCUT2D eigenvalue weighted by molar-refractivity contribution is 0.117. The van der Waals surface area contributed by atoms with Crippen LogP contribution >= 0.6 is 0 Å². The minimum absolute atomic E-state index is 0.259. The molecule has 0 heterocycles. The van der Waals surface area contributed by atoms with Gasteiger partial charge in [0.1, 0.15) is 18.5 Å². The number of aliphatic hydroxyl groups is 1. The molecule has 1 atom stereocenters. The van der Waals surface area contributed by atoms with Crippen LogP contribution in [0.5, 0.6) is 5.75 Å². The summed E-state index contributed by atoms with van der Waals surface area (Å²) in [5.74, 6) is 0.763. The lowest BCUT2D eigenvalue weighted by atomic mass is 10.2. The molecule has 2 rings (SSSR count). The smallest absolute Gasteiger partial charge is 0.119 e. The summed E-state index contributed by atoms with van der Waals surface area (Å²) in [5, 5.41) is 13.1. The van der Waals surface area contributed by atoms with Crippen LogP contribution in [0.2, 0.25) is 0 Å². The van der Waals surface area contributed by atoms with Gasteiger partial charge in [-0.05, 0) is 29.8 Å². The molecule has 21 heavy (non-hydrogen) atoms. The van der Waals surface area contributed by atoms with Crippen molar-refractivity contribution in [3.05, 3.63) is 60.2 Å². The Morgan fingerprint density at radius 2 is 1.90 bits per heavy atom. The lowest BCUT2D eigenvalue weighted by Crippen LogP contribution is -2.26. The third kappa shape index (κ3) is 5.45. The molecule has 2 aromatic rings. The summed E-state index contributed by atoms with van der Waals surface area (Å²) in [6.45, 7) is 1.27. The standard InChI is InChI=1S/C17H21NO3/c1-20-12-14-6-5-7-15(10-14)18-11-16(19)13-21-17-8-3-2-4-9-17/h2-10,16,18-19H,11-13H2,1H3. The zero-order valence-corrected chi connectivity index (χ0v) is 12.2. The van der Waals surface area contributed by atoms with Crippen LogP contribution in [-0.4, -0.2) is 31.5 Å². The Hall–Kier alpha value is -2.04. The number of hydrogen-bond donors (Lipinski definition) is 2. The molecule has 4 heteroatoms. The molecule has 0 fully saturated rings. The van der Waals surface area contributed by atoms with Crippen molar-refractivity contribution in [1.29, 1.82) is 0 Å². The molecule has 0 amide bonds. The average molecular weight is 287 g/mol. The Balaban J connectivity index is 1.75. The fourth-order valence-electron chi connectivity index (χ4n) is 1.94. The lowest BCUT2D eigenvalue weighted by Gasteiger charge is -2.14. The van der Waals surface area contributed by atoms with Gasteiger partial charge in [0, 0.05) is 19.3 Å². The molecule has 0 saturated carbocycles. The summed E-state index contributed by atoms with van der Waals surface area (Å²) in [6.07, 6.45) is -0.573. The number of nitrogens with one attached hydrogen (secondary N) is 1. The molecular weight excluding hydrogens is 266 g/mol. The largest absolute Gasteiger partial charge is 0.491 e. The predicted octanol–water partition coefficient (Wildman–Crippen LogP) is 2.68. The quantitative estimate of drug-likeness (QED) is 0.784. The van der Waals surface area contributed by atoms with Gasteiger partial charge in [0.15, 0.2) is 0 Å². The summed E-state index contributed by atoms with van der Waals surface area (Å²) in [4.78, 5) is 0. The molecule has 0 spiro atoms. The van der Waals surface area contributed by atoms with Crippen LogP contribution in [0, 0.1) is 0 Å². The summed E-state index contributed by atoms with van der Waals surface area (Å²) >= 11 is 0. The number of aliphatic hydroxyl groups excluding tert-OH is 1. The number of anilines is 1. The van der Waals surface area contributed by atoms with Crippen molar-refractivity contribution in [3.63, 3.8) is 0 Å². The molecule has 1 unspecified atom stereocenters. The third-order valence-corrected chi connectivity index (χ3v) is 2.97. The van der Waals surface area contributed by atoms with E-state index in [-0.39, 0.29) is 6.61 Å². The van der Waals surface area contributed by atoms with E-state index in [1.54, 1.807) is 7.11 Å². The van der Waals surface area contributed by atoms with Crippen molar-refractivity contribution in [2.24, 2.45) is 0 Å². The highest BCUT2D eigenvalue weighted by Crippen LogP contribution is 2.12. The maximum Gasteiger partial charge on any atom is 0.119 e. The van der Waals surface area contributed by atoms with Crippen molar-refractivity contribution in [1.82, 2.24) is 0 Å². The Labute approximate surface area is 125 Å². The SMILES string of the molecule is COCc1cccc(NCC(O)COc2ccccc2)c1. The van der Waals surface area contributed by atoms with E-state index in [0.29, 0.717) is 13.2 Å². The predicted molar refractivity (Wildman–Crippen MR) is 83.6 cm³/mol. The van der Waals surface area contributed by atoms with E-state index in [2.05, 4.69) is 5.32 Å². The van der Waals surface area contributed by atoms with E-state index in [0.717, 1.165) is 17.0 Å². The highest BCUT2D eigenvalue weighted by molar-refractivity contribution is 5.45. The zero-order valence-electron chi connectivity index (χ0n) is 12.2.